The lowest BCUT2D eigenvalue weighted by atomic mass is 10.2. The molecule has 30 heavy (non-hydrogen) atoms. The summed E-state index contributed by atoms with van der Waals surface area (Å²) in [5.41, 5.74) is 0.141. The number of carbonyl (C=O) groups excluding carboxylic acids is 3. The zero-order valence-electron chi connectivity index (χ0n) is 17.2. The highest BCUT2D eigenvalue weighted by molar-refractivity contribution is 6.02. The largest absolute Gasteiger partial charge is 0.524 e. The van der Waals surface area contributed by atoms with Crippen molar-refractivity contribution < 1.29 is 33.3 Å². The van der Waals surface area contributed by atoms with E-state index in [4.69, 9.17) is 9.47 Å². The molecule has 0 saturated heterocycles. The Bertz CT molecular complexity index is 791. The summed E-state index contributed by atoms with van der Waals surface area (Å²) in [6.45, 7) is 4.89. The van der Waals surface area contributed by atoms with Gasteiger partial charge in [0, 0.05) is 0 Å². The van der Waals surface area contributed by atoms with Crippen LogP contribution in [0.15, 0.2) is 48.5 Å². The molecule has 0 aliphatic rings. The molecular formula is C23H26O7. The van der Waals surface area contributed by atoms with Crippen LogP contribution in [0.4, 0.5) is 4.79 Å². The number of hydrogen-bond donors (Lipinski definition) is 0. The maximum atomic E-state index is 12.3. The van der Waals surface area contributed by atoms with E-state index in [1.807, 2.05) is 13.8 Å². The summed E-state index contributed by atoms with van der Waals surface area (Å²) < 4.78 is 20.5. The van der Waals surface area contributed by atoms with Crippen molar-refractivity contribution in [2.75, 3.05) is 13.2 Å². The number of ether oxygens (including phenoxy) is 4. The molecule has 0 atom stereocenters. The van der Waals surface area contributed by atoms with Crippen molar-refractivity contribution in [3.05, 3.63) is 59.7 Å². The highest BCUT2D eigenvalue weighted by atomic mass is 16.8. The molecule has 2 aromatic carbocycles. The summed E-state index contributed by atoms with van der Waals surface area (Å²) in [4.78, 5) is 36.6. The van der Waals surface area contributed by atoms with Crippen molar-refractivity contribution in [3.63, 3.8) is 0 Å². The van der Waals surface area contributed by atoms with Gasteiger partial charge in [-0.25, -0.2) is 14.4 Å². The minimum Gasteiger partial charge on any atom is -0.493 e. The van der Waals surface area contributed by atoms with Crippen LogP contribution in [-0.2, 0) is 9.47 Å². The lowest BCUT2D eigenvalue weighted by Crippen LogP contribution is -2.19. The highest BCUT2D eigenvalue weighted by Crippen LogP contribution is 2.21. The van der Waals surface area contributed by atoms with E-state index in [1.54, 1.807) is 36.4 Å². The number of benzene rings is 2. The van der Waals surface area contributed by atoms with Gasteiger partial charge < -0.3 is 18.9 Å². The number of rotatable bonds is 10. The van der Waals surface area contributed by atoms with Gasteiger partial charge in [-0.1, -0.05) is 51.0 Å². The molecule has 0 aromatic heterocycles. The van der Waals surface area contributed by atoms with Gasteiger partial charge in [0.15, 0.2) is 0 Å². The number of para-hydroxylation sites is 2. The van der Waals surface area contributed by atoms with Crippen molar-refractivity contribution in [3.8, 4) is 11.5 Å². The average molecular weight is 414 g/mol. The van der Waals surface area contributed by atoms with E-state index >= 15 is 0 Å². The zero-order valence-corrected chi connectivity index (χ0v) is 17.2. The molecule has 0 saturated carbocycles. The molecule has 160 valence electrons. The molecule has 0 radical (unpaired) electrons. The third-order valence-electron chi connectivity index (χ3n) is 4.08. The average Bonchev–Trinajstić information content (AvgIpc) is 2.74. The third-order valence-corrected chi connectivity index (χ3v) is 4.08. The maximum absolute atomic E-state index is 12.3. The number of hydrogen-bond acceptors (Lipinski definition) is 7. The number of unbranched alkanes of at least 4 members (excludes halogenated alkanes) is 2. The molecule has 0 spiro atoms. The first-order chi connectivity index (χ1) is 14.6. The Morgan fingerprint density at radius 1 is 0.667 bits per heavy atom. The van der Waals surface area contributed by atoms with Crippen molar-refractivity contribution in [2.45, 2.75) is 39.5 Å². The fraction of sp³-hybridized carbons (Fsp3) is 0.348. The molecular weight excluding hydrogens is 388 g/mol. The summed E-state index contributed by atoms with van der Waals surface area (Å²) in [5, 5.41) is 0. The lowest BCUT2D eigenvalue weighted by molar-refractivity contribution is 0.0334. The molecule has 2 aromatic rings. The summed E-state index contributed by atoms with van der Waals surface area (Å²) in [6, 6.07) is 12.8. The third kappa shape index (κ3) is 6.92. The normalized spacial score (nSPS) is 10.2. The first-order valence-corrected chi connectivity index (χ1v) is 9.98. The van der Waals surface area contributed by atoms with Gasteiger partial charge >= 0.3 is 18.1 Å². The Labute approximate surface area is 175 Å². The Morgan fingerprint density at radius 2 is 1.07 bits per heavy atom. The molecule has 0 N–H and O–H groups in total. The lowest BCUT2D eigenvalue weighted by Gasteiger charge is -2.11. The molecule has 0 aliphatic carbocycles. The number of carbonyl (C=O) groups is 3. The van der Waals surface area contributed by atoms with E-state index in [-0.39, 0.29) is 11.1 Å². The standard InChI is InChI=1S/C23H26O7/c1-3-5-15-27-19-13-9-7-11-17(19)21(24)29-23(26)30-22(25)18-12-8-10-14-20(18)28-16-6-4-2/h7-14H,3-6,15-16H2,1-2H3. The molecule has 0 bridgehead atoms. The van der Waals surface area contributed by atoms with Crippen LogP contribution < -0.4 is 9.47 Å². The summed E-state index contributed by atoms with van der Waals surface area (Å²) in [6.07, 6.45) is 2.09. The first-order valence-electron chi connectivity index (χ1n) is 9.98. The van der Waals surface area contributed by atoms with Crippen LogP contribution in [-0.4, -0.2) is 31.3 Å². The minimum absolute atomic E-state index is 0.0706. The van der Waals surface area contributed by atoms with Crippen LogP contribution in [0.3, 0.4) is 0 Å². The Morgan fingerprint density at radius 3 is 1.47 bits per heavy atom. The van der Waals surface area contributed by atoms with Gasteiger partial charge in [0.05, 0.1) is 13.2 Å². The van der Waals surface area contributed by atoms with Crippen molar-refractivity contribution in [1.29, 1.82) is 0 Å². The molecule has 0 fully saturated rings. The molecule has 0 heterocycles. The molecule has 0 unspecified atom stereocenters. The molecule has 0 aliphatic heterocycles. The molecule has 2 rings (SSSR count). The number of esters is 2. The fourth-order valence-electron chi connectivity index (χ4n) is 2.46. The van der Waals surface area contributed by atoms with Crippen LogP contribution in [0.25, 0.3) is 0 Å². The SMILES string of the molecule is CCCCOc1ccccc1C(=O)OC(=O)OC(=O)c1ccccc1OCCCC. The molecule has 7 nitrogen and oxygen atoms in total. The van der Waals surface area contributed by atoms with Gasteiger partial charge in [-0.15, -0.1) is 0 Å². The quantitative estimate of drug-likeness (QED) is 0.301. The topological polar surface area (TPSA) is 88.1 Å². The van der Waals surface area contributed by atoms with Gasteiger partial charge in [-0.05, 0) is 37.1 Å². The van der Waals surface area contributed by atoms with Crippen molar-refractivity contribution in [1.82, 2.24) is 0 Å². The predicted molar refractivity (Wildman–Crippen MR) is 110 cm³/mol. The Kier molecular flexibility index (Phi) is 9.37. The smallest absolute Gasteiger partial charge is 0.493 e. The van der Waals surface area contributed by atoms with Crippen LogP contribution >= 0.6 is 0 Å². The summed E-state index contributed by atoms with van der Waals surface area (Å²) >= 11 is 0. The van der Waals surface area contributed by atoms with Crippen LogP contribution in [0, 0.1) is 0 Å². The summed E-state index contributed by atoms with van der Waals surface area (Å²) in [5.74, 6) is -1.34. The fourth-order valence-corrected chi connectivity index (χ4v) is 2.46. The maximum Gasteiger partial charge on any atom is 0.524 e. The predicted octanol–water partition coefficient (Wildman–Crippen LogP) is 5.18. The molecule has 7 heteroatoms. The van der Waals surface area contributed by atoms with E-state index in [2.05, 4.69) is 9.47 Å². The summed E-state index contributed by atoms with van der Waals surface area (Å²) in [7, 11) is 0. The van der Waals surface area contributed by atoms with E-state index in [0.717, 1.165) is 25.7 Å². The highest BCUT2D eigenvalue weighted by Gasteiger charge is 2.23. The van der Waals surface area contributed by atoms with Gasteiger partial charge in [0.1, 0.15) is 22.6 Å². The second kappa shape index (κ2) is 12.3. The van der Waals surface area contributed by atoms with E-state index in [0.29, 0.717) is 24.7 Å². The zero-order chi connectivity index (χ0) is 21.8. The van der Waals surface area contributed by atoms with Gasteiger partial charge in [-0.3, -0.25) is 0 Å². The van der Waals surface area contributed by atoms with E-state index in [9.17, 15) is 14.4 Å². The van der Waals surface area contributed by atoms with Crippen molar-refractivity contribution in [2.24, 2.45) is 0 Å². The van der Waals surface area contributed by atoms with Crippen LogP contribution in [0.1, 0.15) is 60.2 Å². The van der Waals surface area contributed by atoms with Crippen molar-refractivity contribution >= 4 is 18.1 Å². The van der Waals surface area contributed by atoms with Gasteiger partial charge in [0.2, 0.25) is 0 Å². The Balaban J connectivity index is 1.99. The first kappa shape index (κ1) is 22.9. The van der Waals surface area contributed by atoms with Gasteiger partial charge in [-0.2, -0.15) is 0 Å². The van der Waals surface area contributed by atoms with E-state index in [1.165, 1.54) is 12.1 Å². The molecule has 0 amide bonds. The monoisotopic (exact) mass is 414 g/mol. The second-order valence-corrected chi connectivity index (χ2v) is 6.43. The van der Waals surface area contributed by atoms with Crippen LogP contribution in [0.2, 0.25) is 0 Å². The minimum atomic E-state index is -1.42. The van der Waals surface area contributed by atoms with Gasteiger partial charge in [0.25, 0.3) is 0 Å². The van der Waals surface area contributed by atoms with E-state index < -0.39 is 18.1 Å². The van der Waals surface area contributed by atoms with Crippen LogP contribution in [0.5, 0.6) is 11.5 Å². The Hall–Kier alpha value is -3.35. The second-order valence-electron chi connectivity index (χ2n) is 6.43.